The van der Waals surface area contributed by atoms with Gasteiger partial charge in [0.05, 0.1) is 6.20 Å². The number of carbonyl (C=O) groups excluding carboxylic acids is 1. The zero-order chi connectivity index (χ0) is 30.3. The summed E-state index contributed by atoms with van der Waals surface area (Å²) >= 11 is 0. The van der Waals surface area contributed by atoms with Crippen LogP contribution in [0.15, 0.2) is 65.6 Å². The smallest absolute Gasteiger partial charge is 0.326 e. The molecule has 0 spiro atoms. The first-order chi connectivity index (χ1) is 19.1. The Bertz CT molecular complexity index is 1470. The highest BCUT2D eigenvalue weighted by molar-refractivity contribution is 7.89. The van der Waals surface area contributed by atoms with Crippen molar-refractivity contribution in [2.75, 3.05) is 17.8 Å². The molecule has 0 fully saturated rings. The van der Waals surface area contributed by atoms with E-state index in [1.165, 1.54) is 16.3 Å². The molecule has 41 heavy (non-hydrogen) atoms. The number of hydrogen-bond acceptors (Lipinski definition) is 8. The van der Waals surface area contributed by atoms with Gasteiger partial charge in [0.15, 0.2) is 0 Å². The lowest BCUT2D eigenvalue weighted by Crippen LogP contribution is -2.42. The molecule has 2 N–H and O–H groups in total. The molecule has 3 rings (SSSR count). The van der Waals surface area contributed by atoms with Crippen molar-refractivity contribution in [1.29, 1.82) is 0 Å². The maximum atomic E-state index is 13.5. The van der Waals surface area contributed by atoms with E-state index >= 15 is 0 Å². The molecule has 0 aliphatic carbocycles. The number of aromatic nitrogens is 2. The Hall–Kier alpha value is -3.70. The lowest BCUT2D eigenvalue weighted by atomic mass is 10.1. The molecule has 0 atom stereocenters. The van der Waals surface area contributed by atoms with E-state index < -0.39 is 38.6 Å². The van der Waals surface area contributed by atoms with Crippen LogP contribution >= 0.6 is 0 Å². The first kappa shape index (κ1) is 31.8. The van der Waals surface area contributed by atoms with Crippen LogP contribution in [0.25, 0.3) is 11.4 Å². The molecule has 0 amide bonds. The first-order valence-corrected chi connectivity index (χ1v) is 15.1. The normalized spacial score (nSPS) is 12.1. The number of sulfonamides is 1. The quantitative estimate of drug-likeness (QED) is 0.238. The molecule has 0 aliphatic rings. The van der Waals surface area contributed by atoms with Crippen LogP contribution in [0, 0.1) is 0 Å². The third-order valence-electron chi connectivity index (χ3n) is 5.51. The van der Waals surface area contributed by atoms with Crippen LogP contribution in [-0.2, 0) is 32.5 Å². The second-order valence-corrected chi connectivity index (χ2v) is 13.4. The van der Waals surface area contributed by atoms with Gasteiger partial charge in [-0.3, -0.25) is 14.2 Å². The summed E-state index contributed by atoms with van der Waals surface area (Å²) in [7, 11) is -3.66. The van der Waals surface area contributed by atoms with E-state index in [1.54, 1.807) is 65.8 Å². The van der Waals surface area contributed by atoms with Crippen molar-refractivity contribution in [3.8, 4) is 17.1 Å². The average molecular weight is 585 g/mol. The Morgan fingerprint density at radius 2 is 1.63 bits per heavy atom. The summed E-state index contributed by atoms with van der Waals surface area (Å²) in [5.41, 5.74) is 0.285. The fourth-order valence-corrected chi connectivity index (χ4v) is 5.28. The van der Waals surface area contributed by atoms with Gasteiger partial charge in [-0.05, 0) is 84.2 Å². The standard InChI is InChI=1S/C30H40N4O6S/c1-29(2,3)33-41(37,38)21-39-24-16-14-23(15-17-24)27-32-19-25(31-18-10-13-22-11-8-7-9-12-22)28(36)34(27)20-26(35)40-30(4,5)6/h7-9,11-12,14-17,19,31,33H,10,13,18,20-21H2,1-6H3. The van der Waals surface area contributed by atoms with Gasteiger partial charge >= 0.3 is 5.97 Å². The van der Waals surface area contributed by atoms with Crippen molar-refractivity contribution in [3.63, 3.8) is 0 Å². The van der Waals surface area contributed by atoms with Crippen LogP contribution in [0.2, 0.25) is 0 Å². The summed E-state index contributed by atoms with van der Waals surface area (Å²) in [6.45, 7) is 10.7. The van der Waals surface area contributed by atoms with E-state index in [0.29, 0.717) is 17.9 Å². The highest BCUT2D eigenvalue weighted by Gasteiger charge is 2.22. The lowest BCUT2D eigenvalue weighted by molar-refractivity contribution is -0.155. The predicted octanol–water partition coefficient (Wildman–Crippen LogP) is 4.35. The average Bonchev–Trinajstić information content (AvgIpc) is 2.86. The van der Waals surface area contributed by atoms with Gasteiger partial charge < -0.3 is 14.8 Å². The van der Waals surface area contributed by atoms with Gasteiger partial charge in [-0.15, -0.1) is 0 Å². The number of ether oxygens (including phenoxy) is 2. The van der Waals surface area contributed by atoms with E-state index in [9.17, 15) is 18.0 Å². The Morgan fingerprint density at radius 3 is 2.24 bits per heavy atom. The molecule has 1 aromatic heterocycles. The minimum atomic E-state index is -3.66. The molecule has 10 nitrogen and oxygen atoms in total. The molecular formula is C30H40N4O6S. The summed E-state index contributed by atoms with van der Waals surface area (Å²) in [5, 5.41) is 3.15. The van der Waals surface area contributed by atoms with Crippen LogP contribution in [-0.4, -0.2) is 47.6 Å². The molecule has 1 heterocycles. The Labute approximate surface area is 242 Å². The number of benzene rings is 2. The number of aryl methyl sites for hydroxylation is 1. The van der Waals surface area contributed by atoms with Gasteiger partial charge in [-0.1, -0.05) is 30.3 Å². The Morgan fingerprint density at radius 1 is 0.976 bits per heavy atom. The van der Waals surface area contributed by atoms with Crippen molar-refractivity contribution >= 4 is 21.7 Å². The lowest BCUT2D eigenvalue weighted by Gasteiger charge is -2.21. The van der Waals surface area contributed by atoms with Crippen molar-refractivity contribution < 1.29 is 22.7 Å². The number of nitrogens with one attached hydrogen (secondary N) is 2. The monoisotopic (exact) mass is 584 g/mol. The van der Waals surface area contributed by atoms with E-state index in [-0.39, 0.29) is 18.1 Å². The van der Waals surface area contributed by atoms with Gasteiger partial charge in [0.1, 0.15) is 29.4 Å². The summed E-state index contributed by atoms with van der Waals surface area (Å²) in [4.78, 5) is 30.7. The third kappa shape index (κ3) is 10.7. The molecular weight excluding hydrogens is 544 g/mol. The van der Waals surface area contributed by atoms with E-state index in [4.69, 9.17) is 9.47 Å². The fraction of sp³-hybridized carbons (Fsp3) is 0.433. The van der Waals surface area contributed by atoms with Crippen LogP contribution in [0.4, 0.5) is 5.69 Å². The Balaban J connectivity index is 1.80. The van der Waals surface area contributed by atoms with Gasteiger partial charge in [0, 0.05) is 17.6 Å². The fourth-order valence-electron chi connectivity index (χ4n) is 4.00. The number of carbonyl (C=O) groups is 1. The van der Waals surface area contributed by atoms with E-state index in [0.717, 1.165) is 12.8 Å². The molecule has 0 radical (unpaired) electrons. The molecule has 222 valence electrons. The van der Waals surface area contributed by atoms with Gasteiger partial charge in [0.2, 0.25) is 16.0 Å². The number of nitrogens with zero attached hydrogens (tertiary/aromatic N) is 2. The van der Waals surface area contributed by atoms with Crippen molar-refractivity contribution in [2.24, 2.45) is 0 Å². The van der Waals surface area contributed by atoms with Gasteiger partial charge in [0.25, 0.3) is 5.56 Å². The maximum Gasteiger partial charge on any atom is 0.326 e. The summed E-state index contributed by atoms with van der Waals surface area (Å²) in [6.07, 6.45) is 3.12. The molecule has 3 aromatic rings. The largest absolute Gasteiger partial charge is 0.476 e. The topological polar surface area (TPSA) is 129 Å². The van der Waals surface area contributed by atoms with Crippen molar-refractivity contribution in [1.82, 2.24) is 14.3 Å². The second kappa shape index (κ2) is 13.3. The van der Waals surface area contributed by atoms with Crippen LogP contribution in [0.5, 0.6) is 5.75 Å². The predicted molar refractivity (Wildman–Crippen MR) is 160 cm³/mol. The third-order valence-corrected chi connectivity index (χ3v) is 6.86. The zero-order valence-corrected chi connectivity index (χ0v) is 25.4. The molecule has 0 unspecified atom stereocenters. The molecule has 0 aliphatic heterocycles. The first-order valence-electron chi connectivity index (χ1n) is 13.5. The summed E-state index contributed by atoms with van der Waals surface area (Å²) < 4.78 is 39.2. The van der Waals surface area contributed by atoms with Crippen molar-refractivity contribution in [2.45, 2.75) is 72.1 Å². The summed E-state index contributed by atoms with van der Waals surface area (Å²) in [6, 6.07) is 16.5. The van der Waals surface area contributed by atoms with Crippen LogP contribution in [0.3, 0.4) is 0 Å². The zero-order valence-electron chi connectivity index (χ0n) is 24.6. The van der Waals surface area contributed by atoms with Crippen molar-refractivity contribution in [3.05, 3.63) is 76.7 Å². The highest BCUT2D eigenvalue weighted by Crippen LogP contribution is 2.22. The molecule has 11 heteroatoms. The molecule has 0 bridgehead atoms. The highest BCUT2D eigenvalue weighted by atomic mass is 32.2. The summed E-state index contributed by atoms with van der Waals surface area (Å²) in [5.74, 6) is -0.522. The molecule has 2 aromatic carbocycles. The molecule has 0 saturated heterocycles. The molecule has 0 saturated carbocycles. The number of anilines is 1. The number of hydrogen-bond donors (Lipinski definition) is 2. The van der Waals surface area contributed by atoms with E-state index in [2.05, 4.69) is 27.2 Å². The van der Waals surface area contributed by atoms with E-state index in [1.807, 2.05) is 18.2 Å². The van der Waals surface area contributed by atoms with Crippen LogP contribution < -0.4 is 20.3 Å². The van der Waals surface area contributed by atoms with Gasteiger partial charge in [-0.2, -0.15) is 0 Å². The number of rotatable bonds is 12. The van der Waals surface area contributed by atoms with Gasteiger partial charge in [-0.25, -0.2) is 18.1 Å². The van der Waals surface area contributed by atoms with Crippen LogP contribution in [0.1, 0.15) is 53.5 Å². The number of esters is 1. The minimum absolute atomic E-state index is 0.268. The Kier molecular flexibility index (Phi) is 10.3. The second-order valence-electron chi connectivity index (χ2n) is 11.7. The SMILES string of the molecule is CC(C)(C)NS(=O)(=O)COc1ccc(-c2ncc(NCCCc3ccccc3)c(=O)n2CC(=O)OC(C)(C)C)cc1. The maximum absolute atomic E-state index is 13.5. The minimum Gasteiger partial charge on any atom is -0.476 e.